The Hall–Kier alpha value is -3.46. The first kappa shape index (κ1) is 19.8. The zero-order valence-electron chi connectivity index (χ0n) is 16.2. The molecule has 1 aromatic carbocycles. The van der Waals surface area contributed by atoms with Crippen LogP contribution in [-0.2, 0) is 18.7 Å². The summed E-state index contributed by atoms with van der Waals surface area (Å²) in [5.74, 6) is 0.918. The number of thioether (sulfide) groups is 1. The molecule has 3 aromatic heterocycles. The van der Waals surface area contributed by atoms with E-state index >= 15 is 0 Å². The Morgan fingerprint density at radius 3 is 2.63 bits per heavy atom. The van der Waals surface area contributed by atoms with Crippen LogP contribution >= 0.6 is 11.8 Å². The second-order valence-electron chi connectivity index (χ2n) is 6.66. The van der Waals surface area contributed by atoms with E-state index in [1.165, 1.54) is 16.3 Å². The van der Waals surface area contributed by atoms with E-state index in [0.29, 0.717) is 28.1 Å². The molecule has 0 radical (unpaired) electrons. The molecule has 4 aromatic rings. The molecule has 4 rings (SSSR count). The monoisotopic (exact) mass is 421 g/mol. The number of aromatic amines is 1. The molecule has 0 saturated heterocycles. The summed E-state index contributed by atoms with van der Waals surface area (Å²) in [6.07, 6.45) is 1.88. The first-order valence-corrected chi connectivity index (χ1v) is 10.3. The average Bonchev–Trinajstić information content (AvgIpc) is 3.22. The van der Waals surface area contributed by atoms with Gasteiger partial charge in [-0.15, -0.1) is 10.2 Å². The quantitative estimate of drug-likeness (QED) is 0.457. The fraction of sp³-hybridized carbons (Fsp3) is 0.190. The van der Waals surface area contributed by atoms with Crippen LogP contribution in [0.4, 0.5) is 0 Å². The van der Waals surface area contributed by atoms with Gasteiger partial charge in [0.2, 0.25) is 5.89 Å². The van der Waals surface area contributed by atoms with Crippen molar-refractivity contribution in [1.82, 2.24) is 24.7 Å². The minimum absolute atomic E-state index is 0.146. The summed E-state index contributed by atoms with van der Waals surface area (Å²) in [7, 11) is 0. The van der Waals surface area contributed by atoms with Gasteiger partial charge in [-0.1, -0.05) is 48.2 Å². The van der Waals surface area contributed by atoms with Crippen LogP contribution in [-0.4, -0.2) is 24.7 Å². The van der Waals surface area contributed by atoms with Crippen molar-refractivity contribution in [3.05, 3.63) is 104 Å². The Kier molecular flexibility index (Phi) is 5.89. The SMILES string of the molecule is Cc1[nH]c(=O)n(Cc2ccccc2)c(=O)c1Cc1nnc(SCc2ccccn2)o1. The number of aromatic nitrogens is 5. The van der Waals surface area contributed by atoms with Crippen LogP contribution in [0.25, 0.3) is 0 Å². The Morgan fingerprint density at radius 1 is 1.07 bits per heavy atom. The van der Waals surface area contributed by atoms with Crippen molar-refractivity contribution < 1.29 is 4.42 Å². The van der Waals surface area contributed by atoms with E-state index in [0.717, 1.165) is 11.3 Å². The number of hydrogen-bond donors (Lipinski definition) is 1. The predicted molar refractivity (Wildman–Crippen MR) is 113 cm³/mol. The summed E-state index contributed by atoms with van der Waals surface area (Å²) in [4.78, 5) is 32.3. The van der Waals surface area contributed by atoms with Crippen LogP contribution in [0.5, 0.6) is 0 Å². The van der Waals surface area contributed by atoms with Crippen molar-refractivity contribution in [3.8, 4) is 0 Å². The van der Waals surface area contributed by atoms with Gasteiger partial charge in [0.25, 0.3) is 10.8 Å². The van der Waals surface area contributed by atoms with Crippen LogP contribution in [0.1, 0.15) is 28.4 Å². The Morgan fingerprint density at radius 2 is 1.87 bits per heavy atom. The van der Waals surface area contributed by atoms with Crippen LogP contribution in [0.15, 0.2) is 74.0 Å². The van der Waals surface area contributed by atoms with Gasteiger partial charge in [0.15, 0.2) is 0 Å². The van der Waals surface area contributed by atoms with Crippen molar-refractivity contribution in [3.63, 3.8) is 0 Å². The van der Waals surface area contributed by atoms with E-state index in [1.54, 1.807) is 13.1 Å². The first-order chi connectivity index (χ1) is 14.6. The summed E-state index contributed by atoms with van der Waals surface area (Å²) < 4.78 is 6.87. The van der Waals surface area contributed by atoms with Crippen molar-refractivity contribution in [2.75, 3.05) is 0 Å². The molecular formula is C21H19N5O3S. The maximum absolute atomic E-state index is 13.0. The summed E-state index contributed by atoms with van der Waals surface area (Å²) in [5.41, 5.74) is 1.89. The summed E-state index contributed by atoms with van der Waals surface area (Å²) in [5, 5.41) is 8.48. The van der Waals surface area contributed by atoms with Gasteiger partial charge < -0.3 is 9.40 Å². The Labute approximate surface area is 176 Å². The van der Waals surface area contributed by atoms with Gasteiger partial charge in [-0.25, -0.2) is 4.79 Å². The first-order valence-electron chi connectivity index (χ1n) is 9.32. The number of nitrogens with zero attached hydrogens (tertiary/aromatic N) is 4. The predicted octanol–water partition coefficient (Wildman–Crippen LogP) is 2.55. The highest BCUT2D eigenvalue weighted by Gasteiger charge is 2.16. The van der Waals surface area contributed by atoms with Crippen LogP contribution in [0, 0.1) is 6.92 Å². The molecule has 9 heteroatoms. The minimum Gasteiger partial charge on any atom is -0.416 e. The zero-order chi connectivity index (χ0) is 20.9. The molecule has 152 valence electrons. The van der Waals surface area contributed by atoms with Crippen molar-refractivity contribution in [1.29, 1.82) is 0 Å². The molecular weight excluding hydrogens is 402 g/mol. The molecule has 0 amide bonds. The minimum atomic E-state index is -0.442. The van der Waals surface area contributed by atoms with Gasteiger partial charge in [-0.2, -0.15) is 0 Å². The highest BCUT2D eigenvalue weighted by Crippen LogP contribution is 2.21. The maximum atomic E-state index is 13.0. The second kappa shape index (κ2) is 8.91. The van der Waals surface area contributed by atoms with Gasteiger partial charge in [0.1, 0.15) is 0 Å². The van der Waals surface area contributed by atoms with E-state index in [2.05, 4.69) is 20.2 Å². The molecule has 0 aliphatic carbocycles. The lowest BCUT2D eigenvalue weighted by Crippen LogP contribution is -2.38. The van der Waals surface area contributed by atoms with E-state index < -0.39 is 5.69 Å². The molecule has 0 spiro atoms. The molecule has 0 atom stereocenters. The summed E-state index contributed by atoms with van der Waals surface area (Å²) >= 11 is 1.38. The van der Waals surface area contributed by atoms with E-state index in [9.17, 15) is 9.59 Å². The molecule has 3 heterocycles. The van der Waals surface area contributed by atoms with E-state index in [4.69, 9.17) is 4.42 Å². The molecule has 0 fully saturated rings. The number of pyridine rings is 1. The summed E-state index contributed by atoms with van der Waals surface area (Å²) in [6.45, 7) is 1.88. The second-order valence-corrected chi connectivity index (χ2v) is 7.59. The third-order valence-electron chi connectivity index (χ3n) is 4.53. The number of benzene rings is 1. The lowest BCUT2D eigenvalue weighted by atomic mass is 10.1. The highest BCUT2D eigenvalue weighted by atomic mass is 32.2. The maximum Gasteiger partial charge on any atom is 0.328 e. The normalized spacial score (nSPS) is 11.0. The molecule has 0 aliphatic heterocycles. The molecule has 8 nitrogen and oxygen atoms in total. The lowest BCUT2D eigenvalue weighted by Gasteiger charge is -2.09. The summed E-state index contributed by atoms with van der Waals surface area (Å²) in [6, 6.07) is 15.1. The third kappa shape index (κ3) is 4.57. The molecule has 0 aliphatic rings. The molecule has 0 unspecified atom stereocenters. The van der Waals surface area contributed by atoms with Crippen molar-refractivity contribution in [2.24, 2.45) is 0 Å². The molecule has 0 saturated carbocycles. The van der Waals surface area contributed by atoms with Gasteiger partial charge in [0.05, 0.1) is 18.7 Å². The number of hydrogen-bond acceptors (Lipinski definition) is 7. The van der Waals surface area contributed by atoms with Crippen LogP contribution in [0.2, 0.25) is 0 Å². The molecule has 0 bridgehead atoms. The number of H-pyrrole nitrogens is 1. The number of rotatable bonds is 7. The zero-order valence-corrected chi connectivity index (χ0v) is 17.1. The smallest absolute Gasteiger partial charge is 0.328 e. The Balaban J connectivity index is 1.53. The van der Waals surface area contributed by atoms with Crippen molar-refractivity contribution >= 4 is 11.8 Å². The van der Waals surface area contributed by atoms with E-state index in [1.807, 2.05) is 48.5 Å². The molecule has 1 N–H and O–H groups in total. The van der Waals surface area contributed by atoms with Gasteiger partial charge in [-0.05, 0) is 24.6 Å². The van der Waals surface area contributed by atoms with Gasteiger partial charge >= 0.3 is 5.69 Å². The topological polar surface area (TPSA) is 107 Å². The number of aryl methyl sites for hydroxylation is 1. The molecule has 30 heavy (non-hydrogen) atoms. The van der Waals surface area contributed by atoms with Crippen LogP contribution < -0.4 is 11.2 Å². The highest BCUT2D eigenvalue weighted by molar-refractivity contribution is 7.98. The fourth-order valence-corrected chi connectivity index (χ4v) is 3.67. The van der Waals surface area contributed by atoms with Gasteiger partial charge in [-0.3, -0.25) is 14.3 Å². The standard InChI is InChI=1S/C21H19N5O3S/c1-14-17(19(27)26(20(28)23-14)12-15-7-3-2-4-8-15)11-18-24-25-21(29-18)30-13-16-9-5-6-10-22-16/h2-10H,11-13H2,1H3,(H,23,28). The van der Waals surface area contributed by atoms with Gasteiger partial charge in [0, 0.05) is 23.2 Å². The Bertz CT molecular complexity index is 1250. The fourth-order valence-electron chi connectivity index (χ4n) is 2.98. The van der Waals surface area contributed by atoms with Crippen LogP contribution in [0.3, 0.4) is 0 Å². The third-order valence-corrected chi connectivity index (χ3v) is 5.38. The number of nitrogens with one attached hydrogen (secondary N) is 1. The average molecular weight is 421 g/mol. The van der Waals surface area contributed by atoms with E-state index in [-0.39, 0.29) is 18.5 Å². The lowest BCUT2D eigenvalue weighted by molar-refractivity contribution is 0.419. The van der Waals surface area contributed by atoms with Crippen molar-refractivity contribution in [2.45, 2.75) is 30.9 Å². The largest absolute Gasteiger partial charge is 0.416 e.